The average Bonchev–Trinajstić information content (AvgIpc) is 2.71. The van der Waals surface area contributed by atoms with Crippen molar-refractivity contribution in [3.8, 4) is 0 Å². The van der Waals surface area contributed by atoms with E-state index in [1.807, 2.05) is 0 Å². The lowest BCUT2D eigenvalue weighted by atomic mass is 10.1. The number of imide groups is 1. The average molecular weight is 268 g/mol. The Balaban J connectivity index is 1.81. The van der Waals surface area contributed by atoms with Crippen molar-refractivity contribution in [1.82, 2.24) is 9.47 Å². The predicted molar refractivity (Wildman–Crippen MR) is 72.5 cm³/mol. The SMILES string of the molecule is O=C1c2ccccc2C(=O)N1CCn1ccccc1=O. The van der Waals surface area contributed by atoms with Gasteiger partial charge in [0.25, 0.3) is 17.4 Å². The molecule has 0 saturated carbocycles. The molecule has 1 aromatic heterocycles. The summed E-state index contributed by atoms with van der Waals surface area (Å²) in [5, 5.41) is 0. The highest BCUT2D eigenvalue weighted by atomic mass is 16.2. The molecule has 20 heavy (non-hydrogen) atoms. The highest BCUT2D eigenvalue weighted by molar-refractivity contribution is 6.21. The molecule has 5 nitrogen and oxygen atoms in total. The van der Waals surface area contributed by atoms with Gasteiger partial charge in [-0.2, -0.15) is 0 Å². The molecular weight excluding hydrogens is 256 g/mol. The van der Waals surface area contributed by atoms with Crippen LogP contribution in [-0.2, 0) is 6.54 Å². The number of hydrogen-bond donors (Lipinski definition) is 0. The van der Waals surface area contributed by atoms with Gasteiger partial charge in [0.2, 0.25) is 0 Å². The van der Waals surface area contributed by atoms with Crippen LogP contribution in [0.15, 0.2) is 53.5 Å². The van der Waals surface area contributed by atoms with Gasteiger partial charge in [-0.3, -0.25) is 19.3 Å². The molecule has 1 aliphatic rings. The van der Waals surface area contributed by atoms with E-state index in [2.05, 4.69) is 0 Å². The first-order chi connectivity index (χ1) is 9.68. The zero-order chi connectivity index (χ0) is 14.1. The first-order valence-electron chi connectivity index (χ1n) is 6.29. The quantitative estimate of drug-likeness (QED) is 0.784. The second-order valence-electron chi connectivity index (χ2n) is 4.54. The zero-order valence-electron chi connectivity index (χ0n) is 10.7. The molecule has 2 amide bonds. The number of pyridine rings is 1. The van der Waals surface area contributed by atoms with Crippen molar-refractivity contribution in [2.75, 3.05) is 6.54 Å². The van der Waals surface area contributed by atoms with Crippen LogP contribution in [0.2, 0.25) is 0 Å². The van der Waals surface area contributed by atoms with Gasteiger partial charge in [0.05, 0.1) is 11.1 Å². The van der Waals surface area contributed by atoms with Crippen LogP contribution in [0.25, 0.3) is 0 Å². The van der Waals surface area contributed by atoms with Gasteiger partial charge in [0, 0.05) is 25.4 Å². The summed E-state index contributed by atoms with van der Waals surface area (Å²) in [6.45, 7) is 0.488. The molecule has 0 aliphatic carbocycles. The molecule has 1 aliphatic heterocycles. The van der Waals surface area contributed by atoms with Crippen molar-refractivity contribution in [2.45, 2.75) is 6.54 Å². The molecule has 0 unspecified atom stereocenters. The van der Waals surface area contributed by atoms with Crippen molar-refractivity contribution in [3.63, 3.8) is 0 Å². The second kappa shape index (κ2) is 4.77. The standard InChI is InChI=1S/C15H12N2O3/c18-13-7-3-4-8-16(13)9-10-17-14(19)11-5-1-2-6-12(11)15(17)20/h1-8H,9-10H2. The Hall–Kier alpha value is -2.69. The minimum Gasteiger partial charge on any atom is -0.314 e. The molecule has 3 rings (SSSR count). The summed E-state index contributed by atoms with van der Waals surface area (Å²) in [6, 6.07) is 11.6. The van der Waals surface area contributed by atoms with E-state index in [0.717, 1.165) is 0 Å². The largest absolute Gasteiger partial charge is 0.314 e. The predicted octanol–water partition coefficient (Wildman–Crippen LogP) is 1.14. The van der Waals surface area contributed by atoms with Gasteiger partial charge in [0.15, 0.2) is 0 Å². The Labute approximate surface area is 115 Å². The first kappa shape index (κ1) is 12.3. The third-order valence-corrected chi connectivity index (χ3v) is 3.34. The molecule has 0 fully saturated rings. The van der Waals surface area contributed by atoms with Crippen LogP contribution in [0.1, 0.15) is 20.7 Å². The lowest BCUT2D eigenvalue weighted by Crippen LogP contribution is -2.34. The molecule has 0 spiro atoms. The third kappa shape index (κ3) is 1.93. The lowest BCUT2D eigenvalue weighted by Gasteiger charge is -2.14. The summed E-state index contributed by atoms with van der Waals surface area (Å²) in [5.41, 5.74) is 0.708. The number of benzene rings is 1. The highest BCUT2D eigenvalue weighted by Crippen LogP contribution is 2.21. The summed E-state index contributed by atoms with van der Waals surface area (Å²) in [5.74, 6) is -0.593. The number of carbonyl (C=O) groups excluding carboxylic acids is 2. The van der Waals surface area contributed by atoms with E-state index in [-0.39, 0.29) is 23.9 Å². The minimum atomic E-state index is -0.297. The van der Waals surface area contributed by atoms with Crippen LogP contribution < -0.4 is 5.56 Å². The number of nitrogens with zero attached hydrogens (tertiary/aromatic N) is 2. The molecule has 2 aromatic rings. The number of fused-ring (bicyclic) bond motifs is 1. The topological polar surface area (TPSA) is 59.4 Å². The van der Waals surface area contributed by atoms with Gasteiger partial charge in [-0.25, -0.2) is 0 Å². The first-order valence-corrected chi connectivity index (χ1v) is 6.29. The fourth-order valence-electron chi connectivity index (χ4n) is 2.30. The molecule has 0 radical (unpaired) electrons. The fraction of sp³-hybridized carbons (Fsp3) is 0.133. The molecule has 0 atom stereocenters. The van der Waals surface area contributed by atoms with Crippen molar-refractivity contribution >= 4 is 11.8 Å². The minimum absolute atomic E-state index is 0.149. The van der Waals surface area contributed by atoms with Gasteiger partial charge < -0.3 is 4.57 Å². The molecule has 0 saturated heterocycles. The number of rotatable bonds is 3. The molecule has 0 bridgehead atoms. The molecular formula is C15H12N2O3. The molecule has 1 aromatic carbocycles. The lowest BCUT2D eigenvalue weighted by molar-refractivity contribution is 0.0648. The van der Waals surface area contributed by atoms with Crippen LogP contribution in [-0.4, -0.2) is 27.8 Å². The van der Waals surface area contributed by atoms with E-state index < -0.39 is 0 Å². The van der Waals surface area contributed by atoms with E-state index in [4.69, 9.17) is 0 Å². The maximum Gasteiger partial charge on any atom is 0.261 e. The Morgan fingerprint density at radius 1 is 0.750 bits per heavy atom. The van der Waals surface area contributed by atoms with Gasteiger partial charge in [-0.15, -0.1) is 0 Å². The maximum absolute atomic E-state index is 12.1. The Bertz CT molecular complexity index is 714. The molecule has 2 heterocycles. The zero-order valence-corrected chi connectivity index (χ0v) is 10.7. The Kier molecular flexibility index (Phi) is 2.95. The Morgan fingerprint density at radius 2 is 1.35 bits per heavy atom. The molecule has 0 N–H and O–H groups in total. The van der Waals surface area contributed by atoms with Gasteiger partial charge in [0.1, 0.15) is 0 Å². The van der Waals surface area contributed by atoms with E-state index in [1.54, 1.807) is 42.6 Å². The smallest absolute Gasteiger partial charge is 0.261 e. The van der Waals surface area contributed by atoms with Crippen LogP contribution >= 0.6 is 0 Å². The van der Waals surface area contributed by atoms with Crippen molar-refractivity contribution < 1.29 is 9.59 Å². The second-order valence-corrected chi connectivity index (χ2v) is 4.54. The Morgan fingerprint density at radius 3 is 1.95 bits per heavy atom. The normalized spacial score (nSPS) is 13.7. The maximum atomic E-state index is 12.1. The van der Waals surface area contributed by atoms with Crippen LogP contribution in [0, 0.1) is 0 Å². The highest BCUT2D eigenvalue weighted by Gasteiger charge is 2.34. The van der Waals surface area contributed by atoms with Crippen molar-refractivity contribution in [1.29, 1.82) is 0 Å². The monoisotopic (exact) mass is 268 g/mol. The number of hydrogen-bond acceptors (Lipinski definition) is 3. The van der Waals surface area contributed by atoms with E-state index in [1.165, 1.54) is 15.5 Å². The summed E-state index contributed by atoms with van der Waals surface area (Å²) in [4.78, 5) is 37.0. The van der Waals surface area contributed by atoms with Gasteiger partial charge >= 0.3 is 0 Å². The number of carbonyl (C=O) groups is 2. The number of aromatic nitrogens is 1. The van der Waals surface area contributed by atoms with Crippen molar-refractivity contribution in [3.05, 3.63) is 70.1 Å². The van der Waals surface area contributed by atoms with Gasteiger partial charge in [-0.05, 0) is 18.2 Å². The van der Waals surface area contributed by atoms with E-state index in [0.29, 0.717) is 17.7 Å². The number of amides is 2. The molecule has 5 heteroatoms. The van der Waals surface area contributed by atoms with Crippen LogP contribution in [0.4, 0.5) is 0 Å². The van der Waals surface area contributed by atoms with Crippen LogP contribution in [0.5, 0.6) is 0 Å². The fourth-order valence-corrected chi connectivity index (χ4v) is 2.30. The van der Waals surface area contributed by atoms with E-state index in [9.17, 15) is 14.4 Å². The van der Waals surface area contributed by atoms with Crippen LogP contribution in [0.3, 0.4) is 0 Å². The van der Waals surface area contributed by atoms with Crippen molar-refractivity contribution in [2.24, 2.45) is 0 Å². The van der Waals surface area contributed by atoms with E-state index >= 15 is 0 Å². The summed E-state index contributed by atoms with van der Waals surface area (Å²) in [6.07, 6.45) is 1.64. The summed E-state index contributed by atoms with van der Waals surface area (Å²) < 4.78 is 1.48. The van der Waals surface area contributed by atoms with Gasteiger partial charge in [-0.1, -0.05) is 18.2 Å². The third-order valence-electron chi connectivity index (χ3n) is 3.34. The summed E-state index contributed by atoms with van der Waals surface area (Å²) >= 11 is 0. The molecule has 100 valence electrons. The summed E-state index contributed by atoms with van der Waals surface area (Å²) in [7, 11) is 0.